The molecule has 0 saturated carbocycles. The summed E-state index contributed by atoms with van der Waals surface area (Å²) in [4.78, 5) is 19.5. The molecule has 0 aliphatic heterocycles. The van der Waals surface area contributed by atoms with Gasteiger partial charge in [0.25, 0.3) is 5.91 Å². The lowest BCUT2D eigenvalue weighted by molar-refractivity contribution is 0.0955. The van der Waals surface area contributed by atoms with Crippen molar-refractivity contribution in [2.24, 2.45) is 0 Å². The summed E-state index contributed by atoms with van der Waals surface area (Å²) in [6, 6.07) is 23.3. The van der Waals surface area contributed by atoms with E-state index in [-0.39, 0.29) is 11.5 Å². The first-order valence-electron chi connectivity index (χ1n) is 10.8. The van der Waals surface area contributed by atoms with Gasteiger partial charge in [0, 0.05) is 10.6 Å². The number of rotatable bonds is 8. The quantitative estimate of drug-likeness (QED) is 0.327. The van der Waals surface area contributed by atoms with Crippen molar-refractivity contribution in [3.8, 4) is 17.2 Å². The molecule has 1 unspecified atom stereocenters. The summed E-state index contributed by atoms with van der Waals surface area (Å²) in [5.41, 5.74) is 4.26. The number of anilines is 2. The van der Waals surface area contributed by atoms with Gasteiger partial charge < -0.3 is 14.8 Å². The highest BCUT2D eigenvalue weighted by Crippen LogP contribution is 2.33. The van der Waals surface area contributed by atoms with E-state index in [1.165, 1.54) is 23.5 Å². The molecule has 1 aromatic heterocycles. The Morgan fingerprint density at radius 3 is 2.28 bits per heavy atom. The third-order valence-corrected chi connectivity index (χ3v) is 6.74. The van der Waals surface area contributed by atoms with Gasteiger partial charge in [-0.05, 0) is 71.1 Å². The normalized spacial score (nSPS) is 11.5. The van der Waals surface area contributed by atoms with E-state index in [9.17, 15) is 17.9 Å². The molecule has 0 fully saturated rings. The van der Waals surface area contributed by atoms with Gasteiger partial charge in [0.2, 0.25) is 0 Å². The Balaban J connectivity index is 1.64. The summed E-state index contributed by atoms with van der Waals surface area (Å²) < 4.78 is 34.9. The zero-order valence-corrected chi connectivity index (χ0v) is 20.7. The minimum absolute atomic E-state index is 0.158. The molecule has 182 valence electrons. The number of amides is 1. The Morgan fingerprint density at radius 2 is 1.69 bits per heavy atom. The van der Waals surface area contributed by atoms with Crippen molar-refractivity contribution in [1.29, 1.82) is 5.26 Å². The smallest absolute Gasteiger partial charge is 0.271 e. The topological polar surface area (TPSA) is 109 Å². The van der Waals surface area contributed by atoms with Crippen LogP contribution in [0.3, 0.4) is 0 Å². The molecule has 1 N–H and O–H groups in total. The number of carbonyl (C=O) groups is 1. The molecule has 1 heterocycles. The number of carbonyl (C=O) groups excluding carboxylic acids is 1. The molecule has 36 heavy (non-hydrogen) atoms. The Bertz CT molecular complexity index is 1430. The number of thiazole rings is 1. The van der Waals surface area contributed by atoms with Crippen LogP contribution >= 0.6 is 11.3 Å². The molecular formula is C26H20FN4O3S2-. The van der Waals surface area contributed by atoms with Gasteiger partial charge in [0.1, 0.15) is 11.5 Å². The summed E-state index contributed by atoms with van der Waals surface area (Å²) >= 11 is -1.10. The summed E-state index contributed by atoms with van der Waals surface area (Å²) in [7, 11) is 0. The maximum Gasteiger partial charge on any atom is 0.271 e. The highest BCUT2D eigenvalue weighted by atomic mass is 32.2. The standard InChI is InChI=1S/C26H21FN4O3S2/c1-17-24(25(32)29-16-36(33)34)30-26(35-17)31(23-12-4-18(14-28)5-13-23)15-19-2-6-20(7-3-19)21-8-10-22(27)11-9-21/h2-13H,15-16H2,1H3,(H,29,32)(H,33,34)/p-1. The lowest BCUT2D eigenvalue weighted by atomic mass is 10.0. The molecule has 0 radical (unpaired) electrons. The molecule has 0 aliphatic carbocycles. The van der Waals surface area contributed by atoms with E-state index in [0.717, 1.165) is 22.4 Å². The zero-order chi connectivity index (χ0) is 25.7. The number of aromatic nitrogens is 1. The van der Waals surface area contributed by atoms with Crippen LogP contribution in [-0.4, -0.2) is 25.5 Å². The largest absolute Gasteiger partial charge is 0.771 e. The SMILES string of the molecule is Cc1sc(N(Cc2ccc(-c3ccc(F)cc3)cc2)c2ccc(C#N)cc2)nc1C(=O)NCS(=O)[O-]. The summed E-state index contributed by atoms with van der Waals surface area (Å²) in [5.74, 6) is -1.35. The molecule has 7 nitrogen and oxygen atoms in total. The van der Waals surface area contributed by atoms with Crippen LogP contribution < -0.4 is 10.2 Å². The van der Waals surface area contributed by atoms with Crippen molar-refractivity contribution in [2.45, 2.75) is 13.5 Å². The second-order valence-electron chi connectivity index (χ2n) is 7.80. The molecule has 0 saturated heterocycles. The van der Waals surface area contributed by atoms with Crippen LogP contribution in [0.5, 0.6) is 0 Å². The zero-order valence-electron chi connectivity index (χ0n) is 19.1. The number of nitriles is 1. The average molecular weight is 520 g/mol. The number of benzene rings is 3. The molecule has 4 aromatic rings. The lowest BCUT2D eigenvalue weighted by Crippen LogP contribution is -2.27. The fourth-order valence-electron chi connectivity index (χ4n) is 3.53. The molecule has 0 spiro atoms. The van der Waals surface area contributed by atoms with Crippen molar-refractivity contribution < 1.29 is 17.9 Å². The lowest BCUT2D eigenvalue weighted by Gasteiger charge is -2.22. The van der Waals surface area contributed by atoms with E-state index in [2.05, 4.69) is 16.4 Å². The van der Waals surface area contributed by atoms with Crippen molar-refractivity contribution in [2.75, 3.05) is 10.8 Å². The molecule has 0 bridgehead atoms. The van der Waals surface area contributed by atoms with E-state index in [1.54, 1.807) is 31.2 Å². The molecule has 4 rings (SSSR count). The van der Waals surface area contributed by atoms with Crippen molar-refractivity contribution in [1.82, 2.24) is 10.3 Å². The third kappa shape index (κ3) is 6.01. The number of nitrogens with zero attached hydrogens (tertiary/aromatic N) is 3. The number of hydrogen-bond acceptors (Lipinski definition) is 7. The fourth-order valence-corrected chi connectivity index (χ4v) is 4.70. The van der Waals surface area contributed by atoms with Gasteiger partial charge in [0.15, 0.2) is 5.13 Å². The average Bonchev–Trinajstić information content (AvgIpc) is 3.28. The van der Waals surface area contributed by atoms with Crippen molar-refractivity contribution in [3.05, 3.63) is 100 Å². The minimum atomic E-state index is -2.41. The highest BCUT2D eigenvalue weighted by molar-refractivity contribution is 7.79. The number of nitrogens with one attached hydrogen (secondary N) is 1. The van der Waals surface area contributed by atoms with Gasteiger partial charge in [-0.25, -0.2) is 9.37 Å². The summed E-state index contributed by atoms with van der Waals surface area (Å²) in [5, 5.41) is 12.0. The van der Waals surface area contributed by atoms with Crippen LogP contribution in [0.4, 0.5) is 15.2 Å². The van der Waals surface area contributed by atoms with E-state index in [1.807, 2.05) is 41.3 Å². The number of halogens is 1. The third-order valence-electron chi connectivity index (χ3n) is 5.36. The monoisotopic (exact) mass is 519 g/mol. The molecular weight excluding hydrogens is 499 g/mol. The van der Waals surface area contributed by atoms with Crippen molar-refractivity contribution in [3.63, 3.8) is 0 Å². The van der Waals surface area contributed by atoms with E-state index >= 15 is 0 Å². The van der Waals surface area contributed by atoms with Gasteiger partial charge in [0.05, 0.1) is 24.1 Å². The Hall–Kier alpha value is -3.91. The molecule has 0 aliphatic rings. The van der Waals surface area contributed by atoms with E-state index < -0.39 is 22.9 Å². The van der Waals surface area contributed by atoms with Gasteiger partial charge in [-0.2, -0.15) is 5.26 Å². The van der Waals surface area contributed by atoms with Crippen LogP contribution in [0.2, 0.25) is 0 Å². The van der Waals surface area contributed by atoms with Crippen LogP contribution in [0.25, 0.3) is 11.1 Å². The predicted octanol–water partition coefficient (Wildman–Crippen LogP) is 5.03. The molecule has 10 heteroatoms. The molecule has 1 atom stereocenters. The first-order valence-corrected chi connectivity index (χ1v) is 12.8. The maximum atomic E-state index is 13.3. The van der Waals surface area contributed by atoms with Crippen LogP contribution in [0.15, 0.2) is 72.8 Å². The predicted molar refractivity (Wildman–Crippen MR) is 137 cm³/mol. The Labute approximate surface area is 214 Å². The Morgan fingerprint density at radius 1 is 1.08 bits per heavy atom. The first kappa shape index (κ1) is 25.2. The first-order chi connectivity index (χ1) is 17.3. The van der Waals surface area contributed by atoms with Crippen LogP contribution in [0.1, 0.15) is 26.5 Å². The van der Waals surface area contributed by atoms with Gasteiger partial charge in [-0.15, -0.1) is 11.3 Å². The maximum absolute atomic E-state index is 13.3. The summed E-state index contributed by atoms with van der Waals surface area (Å²) in [6.07, 6.45) is 0. The second kappa shape index (κ2) is 11.2. The molecule has 3 aromatic carbocycles. The Kier molecular flexibility index (Phi) is 7.85. The van der Waals surface area contributed by atoms with Gasteiger partial charge in [-0.1, -0.05) is 36.4 Å². The van der Waals surface area contributed by atoms with Crippen LogP contribution in [0, 0.1) is 24.1 Å². The van der Waals surface area contributed by atoms with Gasteiger partial charge in [-0.3, -0.25) is 9.00 Å². The fraction of sp³-hybridized carbons (Fsp3) is 0.115. The second-order valence-corrected chi connectivity index (χ2v) is 9.88. The van der Waals surface area contributed by atoms with Crippen molar-refractivity contribution >= 4 is 39.1 Å². The van der Waals surface area contributed by atoms with Crippen LogP contribution in [-0.2, 0) is 17.6 Å². The number of aryl methyl sites for hydroxylation is 1. The van der Waals surface area contributed by atoms with E-state index in [4.69, 9.17) is 5.26 Å². The minimum Gasteiger partial charge on any atom is -0.771 e. The van der Waals surface area contributed by atoms with E-state index in [0.29, 0.717) is 22.1 Å². The molecule has 1 amide bonds. The number of hydrogen-bond donors (Lipinski definition) is 1. The van der Waals surface area contributed by atoms with Gasteiger partial charge >= 0.3 is 0 Å². The summed E-state index contributed by atoms with van der Waals surface area (Å²) in [6.45, 7) is 2.17. The highest BCUT2D eigenvalue weighted by Gasteiger charge is 2.20.